The number of hydrogen-bond donors (Lipinski definition) is 2. The number of aromatic nitrogens is 1. The first kappa shape index (κ1) is 22.8. The first-order chi connectivity index (χ1) is 16.3. The number of carbonyl (C=O) groups is 1. The van der Waals surface area contributed by atoms with Gasteiger partial charge in [-0.3, -0.25) is 4.79 Å². The Morgan fingerprint density at radius 2 is 1.85 bits per heavy atom. The molecule has 0 bridgehead atoms. The molecule has 0 amide bonds. The molecular formula is C27H28F3NO3. The van der Waals surface area contributed by atoms with Crippen LogP contribution in [-0.4, -0.2) is 16.1 Å². The fourth-order valence-corrected chi connectivity index (χ4v) is 5.74. The van der Waals surface area contributed by atoms with Crippen LogP contribution in [0.2, 0.25) is 0 Å². The molecule has 1 fully saturated rings. The fourth-order valence-electron chi connectivity index (χ4n) is 5.74. The molecule has 4 nitrogen and oxygen atoms in total. The summed E-state index contributed by atoms with van der Waals surface area (Å²) in [6.45, 7) is 0.0494. The first-order valence-electron chi connectivity index (χ1n) is 12.0. The van der Waals surface area contributed by atoms with E-state index < -0.39 is 17.7 Å². The van der Waals surface area contributed by atoms with E-state index in [0.717, 1.165) is 67.1 Å². The molecule has 34 heavy (non-hydrogen) atoms. The lowest BCUT2D eigenvalue weighted by molar-refractivity contribution is -0.139. The predicted molar refractivity (Wildman–Crippen MR) is 123 cm³/mol. The number of carboxylic acids is 1. The summed E-state index contributed by atoms with van der Waals surface area (Å²) in [5.74, 6) is -0.267. The molecule has 1 aromatic heterocycles. The standard InChI is InChI=1S/C27H28F3NO3/c28-27(29,30)23-12-16(8-10-20(23)17-4-1-2-5-17)15-34-19-9-11-24-22(14-19)21-7-3-6-18(13-25(32)33)26(21)31-24/h8-12,14,17-18,31H,1-7,13,15H2,(H,32,33)/t18-/m0/s1. The molecule has 7 heteroatoms. The maximum Gasteiger partial charge on any atom is 0.416 e. The van der Waals surface area contributed by atoms with Gasteiger partial charge in [-0.1, -0.05) is 25.0 Å². The molecule has 0 saturated heterocycles. The second kappa shape index (κ2) is 9.01. The number of carboxylic acid groups (broad SMARTS) is 1. The van der Waals surface area contributed by atoms with Gasteiger partial charge in [-0.05, 0) is 79.0 Å². The second-order valence-corrected chi connectivity index (χ2v) is 9.60. The fraction of sp³-hybridized carbons (Fsp3) is 0.444. The summed E-state index contributed by atoms with van der Waals surface area (Å²) >= 11 is 0. The largest absolute Gasteiger partial charge is 0.489 e. The van der Waals surface area contributed by atoms with Gasteiger partial charge in [0.1, 0.15) is 12.4 Å². The molecule has 2 aliphatic rings. The summed E-state index contributed by atoms with van der Waals surface area (Å²) in [4.78, 5) is 14.6. The summed E-state index contributed by atoms with van der Waals surface area (Å²) in [7, 11) is 0. The zero-order chi connectivity index (χ0) is 23.9. The van der Waals surface area contributed by atoms with E-state index in [2.05, 4.69) is 4.98 Å². The lowest BCUT2D eigenvalue weighted by atomic mass is 9.85. The molecule has 1 saturated carbocycles. The number of fused-ring (bicyclic) bond motifs is 3. The number of aryl methyl sites for hydroxylation is 1. The van der Waals surface area contributed by atoms with Crippen LogP contribution in [-0.2, 0) is 24.0 Å². The van der Waals surface area contributed by atoms with Crippen molar-refractivity contribution in [1.29, 1.82) is 0 Å². The molecule has 1 heterocycles. The summed E-state index contributed by atoms with van der Waals surface area (Å²) < 4.78 is 47.2. The average Bonchev–Trinajstić information content (AvgIpc) is 3.45. The minimum absolute atomic E-state index is 0.0151. The van der Waals surface area contributed by atoms with Crippen molar-refractivity contribution >= 4 is 16.9 Å². The molecule has 0 aliphatic heterocycles. The van der Waals surface area contributed by atoms with Gasteiger partial charge in [0.05, 0.1) is 12.0 Å². The number of hydrogen-bond acceptors (Lipinski definition) is 2. The first-order valence-corrected chi connectivity index (χ1v) is 12.0. The van der Waals surface area contributed by atoms with Crippen molar-refractivity contribution < 1.29 is 27.8 Å². The smallest absolute Gasteiger partial charge is 0.416 e. The summed E-state index contributed by atoms with van der Waals surface area (Å²) in [6.07, 6.45) is 1.94. The Morgan fingerprint density at radius 1 is 1.06 bits per heavy atom. The van der Waals surface area contributed by atoms with Gasteiger partial charge in [-0.2, -0.15) is 13.2 Å². The van der Waals surface area contributed by atoms with Crippen LogP contribution in [0, 0.1) is 0 Å². The van der Waals surface area contributed by atoms with Gasteiger partial charge in [0.15, 0.2) is 0 Å². The van der Waals surface area contributed by atoms with Crippen molar-refractivity contribution in [3.63, 3.8) is 0 Å². The van der Waals surface area contributed by atoms with Crippen LogP contribution in [0.5, 0.6) is 5.75 Å². The minimum Gasteiger partial charge on any atom is -0.489 e. The van der Waals surface area contributed by atoms with Gasteiger partial charge in [0.25, 0.3) is 0 Å². The third-order valence-electron chi connectivity index (χ3n) is 7.34. The molecule has 0 radical (unpaired) electrons. The highest BCUT2D eigenvalue weighted by Gasteiger charge is 2.36. The van der Waals surface area contributed by atoms with Crippen LogP contribution in [0.15, 0.2) is 36.4 Å². The van der Waals surface area contributed by atoms with E-state index in [9.17, 15) is 23.1 Å². The predicted octanol–water partition coefficient (Wildman–Crippen LogP) is 7.32. The molecule has 2 N–H and O–H groups in total. The zero-order valence-electron chi connectivity index (χ0n) is 18.9. The highest BCUT2D eigenvalue weighted by Crippen LogP contribution is 2.42. The molecular weight excluding hydrogens is 443 g/mol. The lowest BCUT2D eigenvalue weighted by Crippen LogP contribution is -2.13. The molecule has 2 aliphatic carbocycles. The molecule has 0 unspecified atom stereocenters. The van der Waals surface area contributed by atoms with Crippen LogP contribution >= 0.6 is 0 Å². The van der Waals surface area contributed by atoms with Gasteiger partial charge >= 0.3 is 12.1 Å². The highest BCUT2D eigenvalue weighted by atomic mass is 19.4. The zero-order valence-corrected chi connectivity index (χ0v) is 18.9. The van der Waals surface area contributed by atoms with Crippen LogP contribution in [0.1, 0.15) is 84.7 Å². The molecule has 3 aromatic rings. The number of aliphatic carboxylic acids is 1. The molecule has 2 aromatic carbocycles. The monoisotopic (exact) mass is 471 g/mol. The van der Waals surface area contributed by atoms with E-state index in [1.54, 1.807) is 18.2 Å². The number of rotatable bonds is 6. The van der Waals surface area contributed by atoms with Gasteiger partial charge < -0.3 is 14.8 Å². The van der Waals surface area contributed by atoms with E-state index in [4.69, 9.17) is 4.74 Å². The molecule has 5 rings (SSSR count). The van der Waals surface area contributed by atoms with Crippen LogP contribution < -0.4 is 4.74 Å². The van der Waals surface area contributed by atoms with E-state index in [-0.39, 0.29) is 24.9 Å². The van der Waals surface area contributed by atoms with E-state index in [0.29, 0.717) is 16.9 Å². The number of alkyl halides is 3. The number of benzene rings is 2. The molecule has 180 valence electrons. The number of nitrogens with one attached hydrogen (secondary N) is 1. The quantitative estimate of drug-likeness (QED) is 0.396. The van der Waals surface area contributed by atoms with Crippen molar-refractivity contribution in [1.82, 2.24) is 4.98 Å². The number of ether oxygens (including phenoxy) is 1. The van der Waals surface area contributed by atoms with Crippen LogP contribution in [0.4, 0.5) is 13.2 Å². The topological polar surface area (TPSA) is 62.3 Å². The number of halogens is 3. The Balaban J connectivity index is 1.37. The van der Waals surface area contributed by atoms with Crippen LogP contribution in [0.3, 0.4) is 0 Å². The van der Waals surface area contributed by atoms with Crippen LogP contribution in [0.25, 0.3) is 10.9 Å². The molecule has 0 spiro atoms. The molecule has 1 atom stereocenters. The summed E-state index contributed by atoms with van der Waals surface area (Å²) in [5.41, 5.74) is 3.39. The van der Waals surface area contributed by atoms with Gasteiger partial charge in [-0.15, -0.1) is 0 Å². The van der Waals surface area contributed by atoms with E-state index in [1.807, 2.05) is 12.1 Å². The van der Waals surface area contributed by atoms with Crippen molar-refractivity contribution in [2.24, 2.45) is 0 Å². The van der Waals surface area contributed by atoms with Crippen molar-refractivity contribution in [2.75, 3.05) is 0 Å². The van der Waals surface area contributed by atoms with Gasteiger partial charge in [0, 0.05) is 22.5 Å². The maximum atomic E-state index is 13.8. The highest BCUT2D eigenvalue weighted by molar-refractivity contribution is 5.86. The van der Waals surface area contributed by atoms with Crippen molar-refractivity contribution in [3.8, 4) is 5.75 Å². The van der Waals surface area contributed by atoms with Crippen molar-refractivity contribution in [2.45, 2.75) is 76.0 Å². The summed E-state index contributed by atoms with van der Waals surface area (Å²) in [6, 6.07) is 10.2. The SMILES string of the molecule is O=C(O)C[C@@H]1CCCc2c1[nH]c1ccc(OCc3ccc(C4CCCC4)c(C(F)(F)F)c3)cc21. The number of H-pyrrole nitrogens is 1. The van der Waals surface area contributed by atoms with Gasteiger partial charge in [0.2, 0.25) is 0 Å². The Morgan fingerprint density at radius 3 is 2.59 bits per heavy atom. The Labute approximate surface area is 196 Å². The Hall–Kier alpha value is -2.96. The number of aromatic amines is 1. The van der Waals surface area contributed by atoms with Crippen molar-refractivity contribution in [3.05, 3.63) is 64.3 Å². The van der Waals surface area contributed by atoms with Gasteiger partial charge in [-0.25, -0.2) is 0 Å². The van der Waals surface area contributed by atoms with E-state index in [1.165, 1.54) is 6.07 Å². The lowest BCUT2D eigenvalue weighted by Gasteiger charge is -2.21. The third-order valence-corrected chi connectivity index (χ3v) is 7.34. The average molecular weight is 472 g/mol. The normalized spacial score (nSPS) is 18.9. The third kappa shape index (κ3) is 4.52. The second-order valence-electron chi connectivity index (χ2n) is 9.60. The van der Waals surface area contributed by atoms with E-state index >= 15 is 0 Å². The minimum atomic E-state index is -4.39. The summed E-state index contributed by atoms with van der Waals surface area (Å²) in [5, 5.41) is 10.2. The maximum absolute atomic E-state index is 13.8. The Bertz CT molecular complexity index is 1210. The Kier molecular flexibility index (Phi) is 6.04.